The summed E-state index contributed by atoms with van der Waals surface area (Å²) in [6, 6.07) is 18.9. The monoisotopic (exact) mass is 1260 g/mol. The zero-order valence-corrected chi connectivity index (χ0v) is 56.2. The van der Waals surface area contributed by atoms with Crippen molar-refractivity contribution < 1.29 is 43.5 Å². The Bertz CT molecular complexity index is 2960. The van der Waals surface area contributed by atoms with Gasteiger partial charge in [0.2, 0.25) is 6.67 Å². The number of aliphatic hydroxyl groups excluding tert-OH is 2. The maximum absolute atomic E-state index is 13.5. The number of nitrogens with one attached hydrogen (secondary N) is 4. The molecule has 0 saturated carbocycles. The van der Waals surface area contributed by atoms with Gasteiger partial charge in [-0.25, -0.2) is 9.98 Å². The number of aryl methyl sites for hydroxylation is 2. The topological polar surface area (TPSA) is 218 Å². The van der Waals surface area contributed by atoms with Crippen LogP contribution in [0.2, 0.25) is 5.02 Å². The van der Waals surface area contributed by atoms with Gasteiger partial charge in [-0.15, -0.1) is 31.4 Å². The number of aromatic amines is 1. The van der Waals surface area contributed by atoms with Crippen molar-refractivity contribution in [3.63, 3.8) is 0 Å². The van der Waals surface area contributed by atoms with E-state index in [1.165, 1.54) is 103 Å². The molecular formula is C71H108ClN10O8+. The number of H-pyrrole nitrogens is 1. The number of ether oxygens (including phenoxy) is 4. The van der Waals surface area contributed by atoms with E-state index in [2.05, 4.69) is 81.5 Å². The van der Waals surface area contributed by atoms with Crippen molar-refractivity contribution in [1.82, 2.24) is 30.6 Å². The van der Waals surface area contributed by atoms with Crippen LogP contribution < -0.4 is 35.0 Å². The number of aliphatic imine (C=N–C) groups is 1. The molecule has 0 fully saturated rings. The summed E-state index contributed by atoms with van der Waals surface area (Å²) in [4.78, 5) is 35.9. The van der Waals surface area contributed by atoms with Crippen LogP contribution in [0.5, 0.6) is 23.0 Å². The first kappa shape index (κ1) is 75.5. The Morgan fingerprint density at radius 1 is 0.689 bits per heavy atom. The van der Waals surface area contributed by atoms with E-state index >= 15 is 0 Å². The SMILES string of the molecule is C=C.C=C.CCCCCCCCCCCCC(Oc1ccc(OCCO)c(C)c1)C(=O)NCc1nc2c(Cl)c(C(C)C)[nH]n2n1.CCCCCCCCCCCCC(Oc1ccc(OCCO)c(C)c1)C(=O)Nc1ccc(CC2=NC[N+]3(C=CC(C)=N3)N2)cc1. The number of rotatable bonds is 40. The van der Waals surface area contributed by atoms with Gasteiger partial charge in [-0.05, 0) is 118 Å². The maximum Gasteiger partial charge on any atom is 0.265 e. The van der Waals surface area contributed by atoms with Crippen LogP contribution in [0.4, 0.5) is 5.69 Å². The van der Waals surface area contributed by atoms with Crippen LogP contribution >= 0.6 is 11.6 Å². The lowest BCUT2D eigenvalue weighted by Gasteiger charge is -2.20. The number of carbonyl (C=O) groups is 2. The van der Waals surface area contributed by atoms with Gasteiger partial charge in [-0.1, -0.05) is 177 Å². The molecule has 0 aliphatic carbocycles. The number of quaternary nitrogens is 1. The Kier molecular flexibility index (Phi) is 36.0. The van der Waals surface area contributed by atoms with Crippen molar-refractivity contribution >= 4 is 46.3 Å². The number of carbonyl (C=O) groups excluding carboxylic acids is 2. The van der Waals surface area contributed by atoms with E-state index in [1.807, 2.05) is 101 Å². The molecule has 6 N–H and O–H groups in total. The zero-order chi connectivity index (χ0) is 65.5. The van der Waals surface area contributed by atoms with Crippen molar-refractivity contribution in [3.05, 3.63) is 132 Å². The van der Waals surface area contributed by atoms with Crippen LogP contribution in [-0.2, 0) is 22.6 Å². The van der Waals surface area contributed by atoms with E-state index < -0.39 is 12.2 Å². The Morgan fingerprint density at radius 2 is 1.18 bits per heavy atom. The fourth-order valence-electron chi connectivity index (χ4n) is 10.5. The number of halogens is 1. The molecule has 3 unspecified atom stereocenters. The summed E-state index contributed by atoms with van der Waals surface area (Å²) in [6.45, 7) is 27.5. The summed E-state index contributed by atoms with van der Waals surface area (Å²) >= 11 is 6.47. The summed E-state index contributed by atoms with van der Waals surface area (Å²) in [7, 11) is 0. The minimum absolute atomic E-state index is 0.0438. The average molecular weight is 1270 g/mol. The normalized spacial score (nSPS) is 14.5. The quantitative estimate of drug-likeness (QED) is 0.0123. The summed E-state index contributed by atoms with van der Waals surface area (Å²) < 4.78 is 25.5. The summed E-state index contributed by atoms with van der Waals surface area (Å²) in [5, 5.41) is 36.9. The predicted molar refractivity (Wildman–Crippen MR) is 367 cm³/mol. The van der Waals surface area contributed by atoms with Gasteiger partial charge in [0.15, 0.2) is 35.7 Å². The fraction of sp³-hybridized carbons (Fsp3) is 0.549. The molecule has 18 nitrogen and oxygen atoms in total. The Labute approximate surface area is 542 Å². The van der Waals surface area contributed by atoms with E-state index in [0.29, 0.717) is 70.1 Å². The lowest BCUT2D eigenvalue weighted by Crippen LogP contribution is -2.46. The summed E-state index contributed by atoms with van der Waals surface area (Å²) in [5.74, 6) is 3.84. The molecule has 0 radical (unpaired) electrons. The minimum Gasteiger partial charge on any atom is -0.491 e. The number of amides is 2. The van der Waals surface area contributed by atoms with Gasteiger partial charge in [-0.3, -0.25) is 14.7 Å². The molecule has 2 aromatic heterocycles. The summed E-state index contributed by atoms with van der Waals surface area (Å²) in [6.07, 6.45) is 29.3. The Morgan fingerprint density at radius 3 is 1.62 bits per heavy atom. The third kappa shape index (κ3) is 26.5. The van der Waals surface area contributed by atoms with Gasteiger partial charge < -0.3 is 39.8 Å². The number of hydrogen-bond acceptors (Lipinski definition) is 13. The highest BCUT2D eigenvalue weighted by Gasteiger charge is 2.35. The third-order valence-electron chi connectivity index (χ3n) is 15.4. The molecule has 90 heavy (non-hydrogen) atoms. The first-order valence-electron chi connectivity index (χ1n) is 33.0. The van der Waals surface area contributed by atoms with Crippen LogP contribution in [-0.4, -0.2) is 103 Å². The number of amidine groups is 1. The number of unbranched alkanes of at least 4 members (excludes halogenated alkanes) is 18. The molecule has 3 atom stereocenters. The molecule has 0 saturated heterocycles. The summed E-state index contributed by atoms with van der Waals surface area (Å²) in [5.41, 5.74) is 9.42. The Hall–Kier alpha value is -6.99. The van der Waals surface area contributed by atoms with Crippen LogP contribution in [0.25, 0.3) is 5.65 Å². The number of hydrogen-bond donors (Lipinski definition) is 6. The molecule has 4 heterocycles. The first-order valence-corrected chi connectivity index (χ1v) is 33.4. The highest BCUT2D eigenvalue weighted by Crippen LogP contribution is 2.29. The highest BCUT2D eigenvalue weighted by atomic mass is 35.5. The second-order valence-corrected chi connectivity index (χ2v) is 23.6. The van der Waals surface area contributed by atoms with Gasteiger partial charge in [0, 0.05) is 18.2 Å². The van der Waals surface area contributed by atoms with Crippen molar-refractivity contribution in [1.29, 1.82) is 0 Å². The number of allylic oxidation sites excluding steroid dienone is 1. The third-order valence-corrected chi connectivity index (χ3v) is 15.7. The highest BCUT2D eigenvalue weighted by molar-refractivity contribution is 6.34. The number of benzene rings is 3. The molecule has 2 aliphatic rings. The van der Waals surface area contributed by atoms with Crippen LogP contribution in [0, 0.1) is 13.8 Å². The van der Waals surface area contributed by atoms with Crippen LogP contribution in [0.15, 0.2) is 109 Å². The average Bonchev–Trinajstić information content (AvgIpc) is 1.75. The number of fused-ring (bicyclic) bond motifs is 1. The van der Waals surface area contributed by atoms with E-state index in [4.69, 9.17) is 40.8 Å². The molecule has 19 heteroatoms. The fourth-order valence-corrected chi connectivity index (χ4v) is 10.9. The Balaban J connectivity index is 0.000000366. The van der Waals surface area contributed by atoms with Crippen molar-refractivity contribution in [2.75, 3.05) is 38.4 Å². The van der Waals surface area contributed by atoms with Crippen LogP contribution in [0.1, 0.15) is 210 Å². The molecule has 0 bridgehead atoms. The molecule has 496 valence electrons. The lowest BCUT2D eigenvalue weighted by atomic mass is 10.0. The zero-order valence-electron chi connectivity index (χ0n) is 55.4. The second-order valence-electron chi connectivity index (χ2n) is 23.2. The number of aromatic nitrogens is 4. The van der Waals surface area contributed by atoms with E-state index in [-0.39, 0.29) is 50.7 Å². The van der Waals surface area contributed by atoms with Gasteiger partial charge in [-0.2, -0.15) is 10.1 Å². The molecule has 1 spiro atoms. The first-order chi connectivity index (χ1) is 43.7. The van der Waals surface area contributed by atoms with E-state index in [9.17, 15) is 9.59 Å². The molecule has 2 aliphatic heterocycles. The van der Waals surface area contributed by atoms with Gasteiger partial charge in [0.1, 0.15) is 46.9 Å². The smallest absolute Gasteiger partial charge is 0.265 e. The van der Waals surface area contributed by atoms with Gasteiger partial charge >= 0.3 is 0 Å². The standard InChI is InChI=1S/C36H51N5O4.C31H48ClN5O4.2C2H4/c1-4-5-6-7-8-9-10-11-12-13-14-34(45-32-19-20-33(28(2)25-32)44-24-23-42)36(43)38-31-17-15-30(16-18-31)26-35-37-27-41(40-35)22-21-29(3)39-41;1-5-6-7-8-9-10-11-12-13-14-15-26(41-24-16-17-25(23(4)20-24)40-19-18-38)31(39)33-21-27-34-30-28(32)29(22(2)3)36-37(30)35-27;2*1-2/h15-22,25,34,42H,4-14,23-24,26-27H2,1-3H3,(H-,37,38,40,43);16-17,20,22,26,36,38H,5-15,18-19,21H2,1-4H3,(H,33,39);2*1-2H2/p+1. The van der Waals surface area contributed by atoms with Crippen molar-refractivity contribution in [3.8, 4) is 23.0 Å². The minimum atomic E-state index is -0.642. The molecular weight excluding hydrogens is 1160 g/mol. The maximum atomic E-state index is 13.5. The molecule has 2 amide bonds. The second kappa shape index (κ2) is 42.9. The van der Waals surface area contributed by atoms with Crippen molar-refractivity contribution in [2.24, 2.45) is 10.1 Å². The van der Waals surface area contributed by atoms with Gasteiger partial charge in [0.25, 0.3) is 11.8 Å². The number of nitrogens with zero attached hydrogens (tertiary/aromatic N) is 6. The number of anilines is 1. The largest absolute Gasteiger partial charge is 0.491 e. The van der Waals surface area contributed by atoms with Crippen molar-refractivity contribution in [2.45, 2.75) is 221 Å². The molecule has 3 aromatic carbocycles. The van der Waals surface area contributed by atoms with Gasteiger partial charge in [0.05, 0.1) is 25.5 Å². The van der Waals surface area contributed by atoms with E-state index in [0.717, 1.165) is 65.3 Å². The molecule has 7 rings (SSSR count). The molecule has 5 aromatic rings. The predicted octanol–water partition coefficient (Wildman–Crippen LogP) is 15.7. The van der Waals surface area contributed by atoms with Crippen LogP contribution in [0.3, 0.4) is 0 Å². The lowest BCUT2D eigenvalue weighted by molar-refractivity contribution is -0.911. The number of aliphatic hydroxyl groups is 2. The van der Waals surface area contributed by atoms with E-state index in [1.54, 1.807) is 10.7 Å².